The van der Waals surface area contributed by atoms with Crippen LogP contribution in [0.2, 0.25) is 0 Å². The summed E-state index contributed by atoms with van der Waals surface area (Å²) >= 11 is 0. The maximum atomic E-state index is 13.0. The van der Waals surface area contributed by atoms with Gasteiger partial charge < -0.3 is 10.5 Å². The average molecular weight is 259 g/mol. The van der Waals surface area contributed by atoms with Crippen molar-refractivity contribution >= 4 is 16.5 Å². The Morgan fingerprint density at radius 3 is 2.88 bits per heavy atom. The second kappa shape index (κ2) is 7.40. The Bertz CT molecular complexity index is 385. The maximum absolute atomic E-state index is 13.0. The lowest BCUT2D eigenvalue weighted by Crippen LogP contribution is -2.09. The molecule has 1 aromatic carbocycles. The fourth-order valence-corrected chi connectivity index (χ4v) is 2.36. The summed E-state index contributed by atoms with van der Waals surface area (Å²) in [5.41, 5.74) is 6.00. The first-order valence-electron chi connectivity index (χ1n) is 5.66. The first kappa shape index (κ1) is 14.1. The van der Waals surface area contributed by atoms with Gasteiger partial charge in [-0.25, -0.2) is 4.39 Å². The van der Waals surface area contributed by atoms with Crippen molar-refractivity contribution in [3.63, 3.8) is 0 Å². The minimum Gasteiger partial charge on any atom is -0.398 e. The van der Waals surface area contributed by atoms with Gasteiger partial charge in [0.1, 0.15) is 5.82 Å². The van der Waals surface area contributed by atoms with Crippen LogP contribution < -0.4 is 5.73 Å². The van der Waals surface area contributed by atoms with E-state index in [0.717, 1.165) is 12.8 Å². The molecule has 1 aromatic rings. The van der Waals surface area contributed by atoms with E-state index in [-0.39, 0.29) is 0 Å². The molecule has 0 aromatic heterocycles. The molecule has 0 aliphatic rings. The third-order valence-corrected chi connectivity index (χ3v) is 3.66. The van der Waals surface area contributed by atoms with E-state index in [4.69, 9.17) is 10.5 Å². The number of nitrogens with two attached hydrogens (primary N) is 1. The van der Waals surface area contributed by atoms with Crippen LogP contribution in [-0.4, -0.2) is 23.2 Å². The van der Waals surface area contributed by atoms with Crippen LogP contribution in [0.5, 0.6) is 0 Å². The van der Waals surface area contributed by atoms with Crippen molar-refractivity contribution in [2.75, 3.05) is 24.7 Å². The Morgan fingerprint density at radius 1 is 1.41 bits per heavy atom. The van der Waals surface area contributed by atoms with Crippen molar-refractivity contribution in [1.82, 2.24) is 0 Å². The van der Waals surface area contributed by atoms with Crippen LogP contribution in [0.1, 0.15) is 19.8 Å². The highest BCUT2D eigenvalue weighted by molar-refractivity contribution is 7.85. The van der Waals surface area contributed by atoms with Crippen LogP contribution in [0.3, 0.4) is 0 Å². The molecule has 0 amide bonds. The number of benzene rings is 1. The number of rotatable bonds is 7. The van der Waals surface area contributed by atoms with E-state index in [9.17, 15) is 8.60 Å². The number of hydrogen-bond donors (Lipinski definition) is 1. The Balaban J connectivity index is 2.44. The van der Waals surface area contributed by atoms with Crippen molar-refractivity contribution in [3.8, 4) is 0 Å². The Kier molecular flexibility index (Phi) is 6.15. The smallest absolute Gasteiger partial charge is 0.124 e. The quantitative estimate of drug-likeness (QED) is 0.604. The molecule has 17 heavy (non-hydrogen) atoms. The van der Waals surface area contributed by atoms with Crippen LogP contribution >= 0.6 is 0 Å². The van der Waals surface area contributed by atoms with Crippen molar-refractivity contribution in [2.45, 2.75) is 24.7 Å². The molecule has 0 radical (unpaired) electrons. The number of hydrogen-bond acceptors (Lipinski definition) is 3. The van der Waals surface area contributed by atoms with Crippen LogP contribution in [-0.2, 0) is 15.5 Å². The molecule has 96 valence electrons. The molecule has 0 aliphatic carbocycles. The Hall–Kier alpha value is -0.940. The zero-order chi connectivity index (χ0) is 12.7. The van der Waals surface area contributed by atoms with Crippen LogP contribution in [0.25, 0.3) is 0 Å². The second-order valence-electron chi connectivity index (χ2n) is 3.70. The summed E-state index contributed by atoms with van der Waals surface area (Å²) in [6.45, 7) is 3.16. The summed E-state index contributed by atoms with van der Waals surface area (Å²) in [5.74, 6) is -0.0772. The molecule has 1 rings (SSSR count). The summed E-state index contributed by atoms with van der Waals surface area (Å²) in [6.07, 6.45) is 2.06. The van der Waals surface area contributed by atoms with Gasteiger partial charge in [0.2, 0.25) is 0 Å². The molecule has 0 spiro atoms. The average Bonchev–Trinajstić information content (AvgIpc) is 2.32. The van der Waals surface area contributed by atoms with Crippen molar-refractivity contribution < 1.29 is 13.3 Å². The normalized spacial score (nSPS) is 12.6. The van der Waals surface area contributed by atoms with E-state index < -0.39 is 16.6 Å². The van der Waals surface area contributed by atoms with Crippen LogP contribution in [0, 0.1) is 5.82 Å². The molecule has 3 nitrogen and oxygen atoms in total. The molecular weight excluding hydrogens is 241 g/mol. The van der Waals surface area contributed by atoms with Gasteiger partial charge in [-0.3, -0.25) is 4.21 Å². The van der Waals surface area contributed by atoms with Gasteiger partial charge in [0.05, 0.1) is 28.1 Å². The fraction of sp³-hybridized carbons (Fsp3) is 0.500. The van der Waals surface area contributed by atoms with Gasteiger partial charge in [-0.05, 0) is 24.6 Å². The molecule has 0 aliphatic heterocycles. The first-order valence-corrected chi connectivity index (χ1v) is 6.98. The summed E-state index contributed by atoms with van der Waals surface area (Å²) in [6, 6.07) is 3.91. The van der Waals surface area contributed by atoms with E-state index in [1.807, 2.05) is 0 Å². The van der Waals surface area contributed by atoms with Crippen molar-refractivity contribution in [3.05, 3.63) is 24.0 Å². The third-order valence-electron chi connectivity index (χ3n) is 2.28. The third kappa shape index (κ3) is 4.83. The van der Waals surface area contributed by atoms with Gasteiger partial charge in [0.15, 0.2) is 0 Å². The summed E-state index contributed by atoms with van der Waals surface area (Å²) < 4.78 is 30.1. The predicted octanol–water partition coefficient (Wildman–Crippen LogP) is 2.33. The molecule has 0 fully saturated rings. The predicted molar refractivity (Wildman–Crippen MR) is 67.8 cm³/mol. The number of anilines is 1. The lowest BCUT2D eigenvalue weighted by molar-refractivity contribution is 0.146. The molecule has 0 bridgehead atoms. The van der Waals surface area contributed by atoms with Crippen molar-refractivity contribution in [2.24, 2.45) is 0 Å². The van der Waals surface area contributed by atoms with Gasteiger partial charge in [-0.2, -0.15) is 0 Å². The molecular formula is C12H18FNO2S. The second-order valence-corrected chi connectivity index (χ2v) is 5.24. The number of ether oxygens (including phenoxy) is 1. The number of halogens is 1. The molecule has 5 heteroatoms. The van der Waals surface area contributed by atoms with Crippen molar-refractivity contribution in [1.29, 1.82) is 0 Å². The highest BCUT2D eigenvalue weighted by Crippen LogP contribution is 2.17. The lowest BCUT2D eigenvalue weighted by Gasteiger charge is -2.06. The van der Waals surface area contributed by atoms with E-state index in [2.05, 4.69) is 6.92 Å². The standard InChI is InChI=1S/C12H18FNO2S/c1-2-3-6-16-7-8-17(15)12-9-10(13)4-5-11(12)14/h4-5,9H,2-3,6-8,14H2,1H3. The van der Waals surface area contributed by atoms with E-state index in [0.29, 0.717) is 29.5 Å². The van der Waals surface area contributed by atoms with Crippen LogP contribution in [0.4, 0.5) is 10.1 Å². The fourth-order valence-electron chi connectivity index (χ4n) is 1.30. The monoisotopic (exact) mass is 259 g/mol. The van der Waals surface area contributed by atoms with E-state index >= 15 is 0 Å². The molecule has 0 saturated carbocycles. The van der Waals surface area contributed by atoms with E-state index in [1.165, 1.54) is 18.2 Å². The topological polar surface area (TPSA) is 52.3 Å². The largest absolute Gasteiger partial charge is 0.398 e. The van der Waals surface area contributed by atoms with Crippen LogP contribution in [0.15, 0.2) is 23.1 Å². The molecule has 0 heterocycles. The van der Waals surface area contributed by atoms with Gasteiger partial charge in [-0.15, -0.1) is 0 Å². The first-order chi connectivity index (χ1) is 8.15. The maximum Gasteiger partial charge on any atom is 0.124 e. The minimum absolute atomic E-state index is 0.345. The summed E-state index contributed by atoms with van der Waals surface area (Å²) in [4.78, 5) is 0.351. The SMILES string of the molecule is CCCCOCCS(=O)c1cc(F)ccc1N. The molecule has 2 N–H and O–H groups in total. The summed E-state index contributed by atoms with van der Waals surface area (Å²) in [7, 11) is -1.30. The Labute approximate surface area is 104 Å². The highest BCUT2D eigenvalue weighted by atomic mass is 32.2. The zero-order valence-corrected chi connectivity index (χ0v) is 10.8. The minimum atomic E-state index is -1.30. The zero-order valence-electron chi connectivity index (χ0n) is 9.95. The van der Waals surface area contributed by atoms with Gasteiger partial charge in [0.25, 0.3) is 0 Å². The molecule has 1 unspecified atom stereocenters. The van der Waals surface area contributed by atoms with Gasteiger partial charge >= 0.3 is 0 Å². The number of unbranched alkanes of at least 4 members (excludes halogenated alkanes) is 1. The van der Waals surface area contributed by atoms with Gasteiger partial charge in [0, 0.05) is 12.3 Å². The summed E-state index contributed by atoms with van der Waals surface area (Å²) in [5, 5.41) is 0. The number of nitrogen functional groups attached to an aromatic ring is 1. The van der Waals surface area contributed by atoms with Gasteiger partial charge in [-0.1, -0.05) is 13.3 Å². The highest BCUT2D eigenvalue weighted by Gasteiger charge is 2.09. The molecule has 1 atom stereocenters. The van der Waals surface area contributed by atoms with E-state index in [1.54, 1.807) is 0 Å². The molecule has 0 saturated heterocycles. The lowest BCUT2D eigenvalue weighted by atomic mass is 10.3. The Morgan fingerprint density at radius 2 is 2.18 bits per heavy atom.